The average Bonchev–Trinajstić information content (AvgIpc) is 2.79. The Kier molecular flexibility index (Phi) is 1.84. The van der Waals surface area contributed by atoms with Gasteiger partial charge in [-0.25, -0.2) is 0 Å². The van der Waals surface area contributed by atoms with E-state index in [4.69, 9.17) is 0 Å². The van der Waals surface area contributed by atoms with Crippen molar-refractivity contribution in [3.05, 3.63) is 54.1 Å². The summed E-state index contributed by atoms with van der Waals surface area (Å²) >= 11 is 1.93. The lowest BCUT2D eigenvalue weighted by Gasteiger charge is -2.11. The maximum atomic E-state index is 4.40. The second kappa shape index (κ2) is 3.17. The highest BCUT2D eigenvalue weighted by atomic mass is 32.2. The van der Waals surface area contributed by atoms with Crippen molar-refractivity contribution in [1.29, 1.82) is 0 Å². The van der Waals surface area contributed by atoms with E-state index in [-0.39, 0.29) is 0 Å². The summed E-state index contributed by atoms with van der Waals surface area (Å²) in [5.74, 6) is 1.09. The van der Waals surface area contributed by atoms with Crippen LogP contribution in [0.25, 0.3) is 0 Å². The van der Waals surface area contributed by atoms with E-state index in [0.717, 1.165) is 11.4 Å². The van der Waals surface area contributed by atoms with Gasteiger partial charge in [0.05, 0.1) is 5.69 Å². The fourth-order valence-electron chi connectivity index (χ4n) is 1.77. The zero-order valence-electron chi connectivity index (χ0n) is 7.63. The van der Waals surface area contributed by atoms with E-state index in [2.05, 4.69) is 33.9 Å². The molecule has 2 aromatic heterocycles. The van der Waals surface area contributed by atoms with E-state index < -0.39 is 0 Å². The maximum Gasteiger partial charge on any atom is 0.122 e. The number of rotatable bonds is 1. The summed E-state index contributed by atoms with van der Waals surface area (Å²) in [5, 5.41) is 0.376. The third-order valence-corrected chi connectivity index (χ3v) is 3.70. The van der Waals surface area contributed by atoms with Gasteiger partial charge in [-0.05, 0) is 24.3 Å². The summed E-state index contributed by atoms with van der Waals surface area (Å²) in [5.41, 5.74) is 2.54. The van der Waals surface area contributed by atoms with E-state index >= 15 is 0 Å². The molecular weight excluding hydrogens is 192 g/mol. The van der Waals surface area contributed by atoms with Gasteiger partial charge in [0.15, 0.2) is 0 Å². The van der Waals surface area contributed by atoms with Gasteiger partial charge in [-0.1, -0.05) is 6.07 Å². The van der Waals surface area contributed by atoms with Crippen LogP contribution < -0.4 is 0 Å². The SMILES string of the molecule is c1ccc(C2SCc3cccn32)nc1. The van der Waals surface area contributed by atoms with Crippen molar-refractivity contribution in [2.45, 2.75) is 11.1 Å². The molecule has 3 heteroatoms. The molecule has 0 saturated heterocycles. The molecule has 14 heavy (non-hydrogen) atoms. The highest BCUT2D eigenvalue weighted by molar-refractivity contribution is 7.99. The van der Waals surface area contributed by atoms with Gasteiger partial charge in [0.2, 0.25) is 0 Å². The molecule has 1 unspecified atom stereocenters. The first-order chi connectivity index (χ1) is 6.95. The molecule has 0 aliphatic carbocycles. The van der Waals surface area contributed by atoms with E-state index in [1.54, 1.807) is 0 Å². The number of hydrogen-bond donors (Lipinski definition) is 0. The monoisotopic (exact) mass is 202 g/mol. The molecule has 0 saturated carbocycles. The van der Waals surface area contributed by atoms with E-state index in [9.17, 15) is 0 Å². The molecule has 2 aromatic rings. The van der Waals surface area contributed by atoms with Crippen LogP contribution in [0.1, 0.15) is 16.8 Å². The molecule has 0 radical (unpaired) electrons. The Labute approximate surface area is 87.0 Å². The minimum atomic E-state index is 0.376. The fourth-order valence-corrected chi connectivity index (χ4v) is 3.02. The van der Waals surface area contributed by atoms with Crippen molar-refractivity contribution in [2.24, 2.45) is 0 Å². The molecule has 0 N–H and O–H groups in total. The van der Waals surface area contributed by atoms with Crippen molar-refractivity contribution in [3.8, 4) is 0 Å². The fraction of sp³-hybridized carbons (Fsp3) is 0.182. The van der Waals surface area contributed by atoms with Crippen LogP contribution in [-0.2, 0) is 5.75 Å². The molecule has 0 aromatic carbocycles. The van der Waals surface area contributed by atoms with Crippen molar-refractivity contribution in [3.63, 3.8) is 0 Å². The zero-order valence-corrected chi connectivity index (χ0v) is 8.45. The third kappa shape index (κ3) is 1.16. The van der Waals surface area contributed by atoms with Crippen LogP contribution in [0, 0.1) is 0 Å². The van der Waals surface area contributed by atoms with Crippen LogP contribution in [0.15, 0.2) is 42.7 Å². The van der Waals surface area contributed by atoms with Gasteiger partial charge in [-0.3, -0.25) is 4.98 Å². The van der Waals surface area contributed by atoms with Gasteiger partial charge in [0.25, 0.3) is 0 Å². The predicted molar refractivity (Wildman–Crippen MR) is 58.1 cm³/mol. The molecule has 0 bridgehead atoms. The number of nitrogens with zero attached hydrogens (tertiary/aromatic N) is 2. The molecule has 1 atom stereocenters. The summed E-state index contributed by atoms with van der Waals surface area (Å²) in [7, 11) is 0. The molecule has 3 rings (SSSR count). The van der Waals surface area contributed by atoms with E-state index in [1.807, 2.05) is 30.1 Å². The van der Waals surface area contributed by atoms with E-state index in [1.165, 1.54) is 5.69 Å². The van der Waals surface area contributed by atoms with Crippen LogP contribution in [0.3, 0.4) is 0 Å². The van der Waals surface area contributed by atoms with Gasteiger partial charge in [-0.2, -0.15) is 0 Å². The lowest BCUT2D eigenvalue weighted by molar-refractivity contribution is 0.758. The molecular formula is C11H10N2S. The molecule has 1 aliphatic heterocycles. The second-order valence-electron chi connectivity index (χ2n) is 3.32. The van der Waals surface area contributed by atoms with E-state index in [0.29, 0.717) is 5.37 Å². The number of fused-ring (bicyclic) bond motifs is 1. The summed E-state index contributed by atoms with van der Waals surface area (Å²) in [4.78, 5) is 4.40. The first-order valence-electron chi connectivity index (χ1n) is 4.63. The Morgan fingerprint density at radius 3 is 3.14 bits per heavy atom. The minimum absolute atomic E-state index is 0.376. The highest BCUT2D eigenvalue weighted by Gasteiger charge is 2.23. The Bertz CT molecular complexity index is 436. The molecule has 3 heterocycles. The first-order valence-corrected chi connectivity index (χ1v) is 5.68. The molecule has 0 spiro atoms. The van der Waals surface area contributed by atoms with Crippen LogP contribution >= 0.6 is 11.8 Å². The molecule has 1 aliphatic rings. The van der Waals surface area contributed by atoms with Crippen molar-refractivity contribution in [1.82, 2.24) is 9.55 Å². The normalized spacial score (nSPS) is 19.6. The predicted octanol–water partition coefficient (Wildman–Crippen LogP) is 2.68. The molecule has 0 amide bonds. The van der Waals surface area contributed by atoms with Gasteiger partial charge < -0.3 is 4.57 Å². The third-order valence-electron chi connectivity index (χ3n) is 2.45. The summed E-state index contributed by atoms with van der Waals surface area (Å²) in [6.45, 7) is 0. The largest absolute Gasteiger partial charge is 0.333 e. The van der Waals surface area contributed by atoms with Crippen molar-refractivity contribution < 1.29 is 0 Å². The quantitative estimate of drug-likeness (QED) is 0.707. The summed E-state index contributed by atoms with van der Waals surface area (Å²) in [6.07, 6.45) is 3.99. The van der Waals surface area contributed by atoms with Crippen molar-refractivity contribution >= 4 is 11.8 Å². The Morgan fingerprint density at radius 1 is 1.29 bits per heavy atom. The van der Waals surface area contributed by atoms with Crippen LogP contribution in [0.5, 0.6) is 0 Å². The Morgan fingerprint density at radius 2 is 2.29 bits per heavy atom. The lowest BCUT2D eigenvalue weighted by Crippen LogP contribution is -2.03. The summed E-state index contributed by atoms with van der Waals surface area (Å²) in [6, 6.07) is 10.4. The average molecular weight is 202 g/mol. The topological polar surface area (TPSA) is 17.8 Å². The van der Waals surface area contributed by atoms with Gasteiger partial charge >= 0.3 is 0 Å². The lowest BCUT2D eigenvalue weighted by atomic mass is 10.3. The number of pyridine rings is 1. The molecule has 70 valence electrons. The zero-order chi connectivity index (χ0) is 9.38. The van der Waals surface area contributed by atoms with Crippen molar-refractivity contribution in [2.75, 3.05) is 0 Å². The van der Waals surface area contributed by atoms with Gasteiger partial charge in [-0.15, -0.1) is 11.8 Å². The Hall–Kier alpha value is -1.22. The van der Waals surface area contributed by atoms with Crippen LogP contribution in [-0.4, -0.2) is 9.55 Å². The number of aromatic nitrogens is 2. The van der Waals surface area contributed by atoms with Crippen LogP contribution in [0.4, 0.5) is 0 Å². The van der Waals surface area contributed by atoms with Gasteiger partial charge in [0, 0.05) is 23.8 Å². The summed E-state index contributed by atoms with van der Waals surface area (Å²) < 4.78 is 2.30. The maximum absolute atomic E-state index is 4.40. The number of thioether (sulfide) groups is 1. The minimum Gasteiger partial charge on any atom is -0.333 e. The Balaban J connectivity index is 2.03. The standard InChI is InChI=1S/C11H10N2S/c1-2-6-12-10(5-1)11-13-7-3-4-9(13)8-14-11/h1-7,11H,8H2. The van der Waals surface area contributed by atoms with Gasteiger partial charge in [0.1, 0.15) is 5.37 Å². The highest BCUT2D eigenvalue weighted by Crippen LogP contribution is 2.39. The molecule has 2 nitrogen and oxygen atoms in total. The molecule has 0 fully saturated rings. The van der Waals surface area contributed by atoms with Crippen LogP contribution in [0.2, 0.25) is 0 Å². The smallest absolute Gasteiger partial charge is 0.122 e. The first kappa shape index (κ1) is 8.12. The number of hydrogen-bond acceptors (Lipinski definition) is 2. The second-order valence-corrected chi connectivity index (χ2v) is 4.39.